The lowest BCUT2D eigenvalue weighted by Crippen LogP contribution is -2.14. The summed E-state index contributed by atoms with van der Waals surface area (Å²) >= 11 is 13.9. The Morgan fingerprint density at radius 1 is 1.10 bits per heavy atom. The van der Waals surface area contributed by atoms with Crippen molar-refractivity contribution in [1.82, 2.24) is 0 Å². The van der Waals surface area contributed by atoms with Crippen LogP contribution in [0.2, 0.25) is 10.0 Å². The van der Waals surface area contributed by atoms with Gasteiger partial charge in [0, 0.05) is 4.90 Å². The lowest BCUT2D eigenvalue weighted by atomic mass is 10.1. The second-order valence-electron chi connectivity index (χ2n) is 4.74. The molecule has 21 heavy (non-hydrogen) atoms. The van der Waals surface area contributed by atoms with E-state index in [9.17, 15) is 4.79 Å². The zero-order chi connectivity index (χ0) is 15.6. The first-order valence-electron chi connectivity index (χ1n) is 6.34. The fourth-order valence-electron chi connectivity index (χ4n) is 2.06. The van der Waals surface area contributed by atoms with Gasteiger partial charge in [-0.2, -0.15) is 0 Å². The number of aryl methyl sites for hydroxylation is 2. The molecule has 0 aliphatic carbocycles. The van der Waals surface area contributed by atoms with Crippen LogP contribution in [0.1, 0.15) is 21.5 Å². The minimum absolute atomic E-state index is 0.259. The second kappa shape index (κ2) is 6.73. The summed E-state index contributed by atoms with van der Waals surface area (Å²) in [4.78, 5) is 13.4. The first kappa shape index (κ1) is 16.2. The van der Waals surface area contributed by atoms with E-state index < -0.39 is 0 Å². The van der Waals surface area contributed by atoms with Crippen LogP contribution in [-0.4, -0.2) is 12.2 Å². The van der Waals surface area contributed by atoms with E-state index >= 15 is 0 Å². The van der Waals surface area contributed by atoms with Crippen LogP contribution in [0.3, 0.4) is 0 Å². The van der Waals surface area contributed by atoms with Crippen LogP contribution in [0.25, 0.3) is 0 Å². The Bertz CT molecular complexity index is 678. The van der Waals surface area contributed by atoms with Crippen LogP contribution in [-0.2, 0) is 0 Å². The van der Waals surface area contributed by atoms with E-state index in [0.717, 1.165) is 16.0 Å². The molecule has 0 saturated carbocycles. The molecule has 2 aromatic carbocycles. The summed E-state index contributed by atoms with van der Waals surface area (Å²) in [7, 11) is 0. The summed E-state index contributed by atoms with van der Waals surface area (Å²) in [6.07, 6.45) is 1.95. The number of anilines is 1. The zero-order valence-electron chi connectivity index (χ0n) is 12.0. The molecule has 0 saturated heterocycles. The van der Waals surface area contributed by atoms with Crippen molar-refractivity contribution in [1.29, 1.82) is 0 Å². The molecule has 2 aromatic rings. The van der Waals surface area contributed by atoms with Gasteiger partial charge in [0.05, 0.1) is 21.3 Å². The number of benzene rings is 2. The van der Waals surface area contributed by atoms with Crippen molar-refractivity contribution in [3.63, 3.8) is 0 Å². The predicted octanol–water partition coefficient (Wildman–Crippen LogP) is 5.58. The molecular weight excluding hydrogens is 325 g/mol. The minimum atomic E-state index is -0.259. The zero-order valence-corrected chi connectivity index (χ0v) is 14.3. The Hall–Kier alpha value is -1.16. The van der Waals surface area contributed by atoms with Gasteiger partial charge in [0.1, 0.15) is 0 Å². The van der Waals surface area contributed by atoms with Crippen LogP contribution < -0.4 is 5.32 Å². The Labute approximate surface area is 138 Å². The average Bonchev–Trinajstić information content (AvgIpc) is 2.43. The van der Waals surface area contributed by atoms with E-state index in [1.807, 2.05) is 38.3 Å². The van der Waals surface area contributed by atoms with Gasteiger partial charge in [0.15, 0.2) is 0 Å². The minimum Gasteiger partial charge on any atom is -0.320 e. The van der Waals surface area contributed by atoms with Gasteiger partial charge in [-0.15, -0.1) is 11.8 Å². The molecule has 0 aliphatic heterocycles. The normalized spacial score (nSPS) is 10.5. The van der Waals surface area contributed by atoms with Gasteiger partial charge in [-0.25, -0.2) is 0 Å². The van der Waals surface area contributed by atoms with E-state index in [-0.39, 0.29) is 5.91 Å². The number of carbonyl (C=O) groups is 1. The molecule has 0 aliphatic rings. The highest BCUT2D eigenvalue weighted by atomic mass is 35.5. The topological polar surface area (TPSA) is 29.1 Å². The summed E-state index contributed by atoms with van der Waals surface area (Å²) < 4.78 is 0. The number of hydrogen-bond donors (Lipinski definition) is 1. The number of nitrogens with one attached hydrogen (secondary N) is 1. The van der Waals surface area contributed by atoms with Crippen molar-refractivity contribution in [3.8, 4) is 0 Å². The van der Waals surface area contributed by atoms with E-state index in [1.165, 1.54) is 0 Å². The van der Waals surface area contributed by atoms with Gasteiger partial charge >= 0.3 is 0 Å². The molecule has 1 amide bonds. The largest absolute Gasteiger partial charge is 0.320 e. The fourth-order valence-corrected chi connectivity index (χ4v) is 3.07. The summed E-state index contributed by atoms with van der Waals surface area (Å²) in [6.45, 7) is 3.87. The number of hydrogen-bond acceptors (Lipinski definition) is 2. The van der Waals surface area contributed by atoms with Gasteiger partial charge in [0.2, 0.25) is 0 Å². The third-order valence-electron chi connectivity index (χ3n) is 3.09. The van der Waals surface area contributed by atoms with Crippen molar-refractivity contribution in [2.24, 2.45) is 0 Å². The Morgan fingerprint density at radius 3 is 2.43 bits per heavy atom. The van der Waals surface area contributed by atoms with Crippen molar-refractivity contribution < 1.29 is 4.79 Å². The van der Waals surface area contributed by atoms with Gasteiger partial charge in [0.25, 0.3) is 5.91 Å². The summed E-state index contributed by atoms with van der Waals surface area (Å²) in [5.74, 6) is -0.259. The fraction of sp³-hybridized carbons (Fsp3) is 0.188. The number of thioether (sulfide) groups is 1. The number of halogens is 2. The summed E-state index contributed by atoms with van der Waals surface area (Å²) in [6, 6.07) is 9.19. The molecule has 0 heterocycles. The molecule has 0 spiro atoms. The standard InChI is InChI=1S/C16H15Cl2NOS/c1-9-6-10(2)15(14(18)7-9)19-16(20)12-8-11(21-3)4-5-13(12)17/h4-8H,1-3H3,(H,19,20). The number of rotatable bonds is 3. The first-order valence-corrected chi connectivity index (χ1v) is 8.32. The molecule has 110 valence electrons. The third-order valence-corrected chi connectivity index (χ3v) is 4.44. The monoisotopic (exact) mass is 339 g/mol. The van der Waals surface area contributed by atoms with Crippen LogP contribution in [0.4, 0.5) is 5.69 Å². The second-order valence-corrected chi connectivity index (χ2v) is 6.43. The number of carbonyl (C=O) groups excluding carboxylic acids is 1. The quantitative estimate of drug-likeness (QED) is 0.739. The Morgan fingerprint density at radius 2 is 1.81 bits per heavy atom. The molecule has 0 aromatic heterocycles. The van der Waals surface area contributed by atoms with Gasteiger partial charge < -0.3 is 5.32 Å². The van der Waals surface area contributed by atoms with Crippen LogP contribution >= 0.6 is 35.0 Å². The average molecular weight is 340 g/mol. The van der Waals surface area contributed by atoms with Crippen LogP contribution in [0, 0.1) is 13.8 Å². The van der Waals surface area contributed by atoms with Gasteiger partial charge in [-0.1, -0.05) is 29.3 Å². The highest BCUT2D eigenvalue weighted by Crippen LogP contribution is 2.29. The molecule has 0 atom stereocenters. The van der Waals surface area contributed by atoms with Crippen molar-refractivity contribution >= 4 is 46.6 Å². The van der Waals surface area contributed by atoms with E-state index in [4.69, 9.17) is 23.2 Å². The molecular formula is C16H15Cl2NOS. The van der Waals surface area contributed by atoms with E-state index in [0.29, 0.717) is 21.3 Å². The Balaban J connectivity index is 2.35. The molecule has 0 unspecified atom stereocenters. The molecule has 0 fully saturated rings. The van der Waals surface area contributed by atoms with Crippen molar-refractivity contribution in [2.45, 2.75) is 18.7 Å². The number of amides is 1. The van der Waals surface area contributed by atoms with Gasteiger partial charge in [-0.05, 0) is 55.5 Å². The lowest BCUT2D eigenvalue weighted by molar-refractivity contribution is 0.102. The Kier molecular flexibility index (Phi) is 5.20. The molecule has 0 radical (unpaired) electrons. The maximum atomic E-state index is 12.4. The molecule has 2 rings (SSSR count). The highest BCUT2D eigenvalue weighted by Gasteiger charge is 2.14. The maximum absolute atomic E-state index is 12.4. The summed E-state index contributed by atoms with van der Waals surface area (Å²) in [5, 5.41) is 3.80. The smallest absolute Gasteiger partial charge is 0.257 e. The molecule has 1 N–H and O–H groups in total. The summed E-state index contributed by atoms with van der Waals surface area (Å²) in [5.41, 5.74) is 3.04. The molecule has 5 heteroatoms. The third kappa shape index (κ3) is 3.73. The van der Waals surface area contributed by atoms with Crippen LogP contribution in [0.5, 0.6) is 0 Å². The maximum Gasteiger partial charge on any atom is 0.257 e. The van der Waals surface area contributed by atoms with Gasteiger partial charge in [-0.3, -0.25) is 4.79 Å². The first-order chi connectivity index (χ1) is 9.92. The van der Waals surface area contributed by atoms with E-state index in [1.54, 1.807) is 23.9 Å². The van der Waals surface area contributed by atoms with Crippen molar-refractivity contribution in [3.05, 3.63) is 57.1 Å². The SMILES string of the molecule is CSc1ccc(Cl)c(C(=O)Nc2c(C)cc(C)cc2Cl)c1. The van der Waals surface area contributed by atoms with Crippen LogP contribution in [0.15, 0.2) is 35.2 Å². The highest BCUT2D eigenvalue weighted by molar-refractivity contribution is 7.98. The lowest BCUT2D eigenvalue weighted by Gasteiger charge is -2.12. The predicted molar refractivity (Wildman–Crippen MR) is 92.1 cm³/mol. The van der Waals surface area contributed by atoms with Crippen molar-refractivity contribution in [2.75, 3.05) is 11.6 Å². The molecule has 0 bridgehead atoms. The molecule has 2 nitrogen and oxygen atoms in total. The van der Waals surface area contributed by atoms with E-state index in [2.05, 4.69) is 5.32 Å².